The van der Waals surface area contributed by atoms with E-state index in [1.165, 1.54) is 16.9 Å². The summed E-state index contributed by atoms with van der Waals surface area (Å²) in [6.07, 6.45) is 5.80. The molecule has 1 aliphatic carbocycles. The van der Waals surface area contributed by atoms with Crippen molar-refractivity contribution in [1.82, 2.24) is 4.98 Å². The van der Waals surface area contributed by atoms with Gasteiger partial charge in [0.15, 0.2) is 0 Å². The molecule has 0 saturated carbocycles. The highest BCUT2D eigenvalue weighted by Gasteiger charge is 2.28. The zero-order valence-corrected chi connectivity index (χ0v) is 16.0. The third kappa shape index (κ3) is 2.88. The summed E-state index contributed by atoms with van der Waals surface area (Å²) in [5, 5.41) is 0.812. The van der Waals surface area contributed by atoms with Gasteiger partial charge >= 0.3 is 5.97 Å². The average molecular weight is 370 g/mol. The normalized spacial score (nSPS) is 14.4. The number of pyridine rings is 1. The van der Waals surface area contributed by atoms with Gasteiger partial charge in [0.2, 0.25) is 0 Å². The van der Waals surface area contributed by atoms with Crippen LogP contribution in [0.25, 0.3) is 21.5 Å². The highest BCUT2D eigenvalue weighted by molar-refractivity contribution is 7.21. The number of ether oxygens (including phenoxy) is 1. The van der Waals surface area contributed by atoms with Crippen LogP contribution in [-0.2, 0) is 17.6 Å². The Balaban J connectivity index is 1.96. The summed E-state index contributed by atoms with van der Waals surface area (Å²) in [7, 11) is 0. The zero-order chi connectivity index (χ0) is 18.5. The van der Waals surface area contributed by atoms with Crippen molar-refractivity contribution in [2.75, 3.05) is 5.73 Å². The van der Waals surface area contributed by atoms with Crippen LogP contribution in [0.5, 0.6) is 0 Å². The molecule has 0 bridgehead atoms. The van der Waals surface area contributed by atoms with E-state index in [2.05, 4.69) is 0 Å². The number of rotatable bonds is 2. The maximum Gasteiger partial charge on any atom is 0.351 e. The largest absolute Gasteiger partial charge is 0.464 e. The molecule has 3 heterocycles. The molecule has 136 valence electrons. The summed E-state index contributed by atoms with van der Waals surface area (Å²) in [6, 6.07) is 3.81. The number of nitrogens with two attached hydrogens (primary N) is 1. The van der Waals surface area contributed by atoms with E-state index >= 15 is 0 Å². The van der Waals surface area contributed by atoms with Gasteiger partial charge in [0, 0.05) is 16.6 Å². The van der Waals surface area contributed by atoms with E-state index < -0.39 is 11.6 Å². The summed E-state index contributed by atoms with van der Waals surface area (Å²) < 4.78 is 11.2. The number of fused-ring (bicyclic) bond motifs is 2. The molecule has 0 amide bonds. The summed E-state index contributed by atoms with van der Waals surface area (Å²) >= 11 is 1.30. The molecule has 3 aromatic heterocycles. The molecule has 0 spiro atoms. The summed E-state index contributed by atoms with van der Waals surface area (Å²) in [6.45, 7) is 5.54. The second-order valence-electron chi connectivity index (χ2n) is 7.62. The standard InChI is InChI=1S/C20H22N2O3S/c1-20(2,3)25-19(23)17-16(21)15-14(13-9-6-10-24-13)11-7-4-5-8-12(11)22-18(15)26-17/h6,9-10H,4-5,7-8,21H2,1-3H3. The summed E-state index contributed by atoms with van der Waals surface area (Å²) in [5.74, 6) is 0.372. The number of aromatic nitrogens is 1. The highest BCUT2D eigenvalue weighted by atomic mass is 32.1. The number of furan rings is 1. The SMILES string of the molecule is CC(C)(C)OC(=O)c1sc2nc3c(c(-c4ccco4)c2c1N)CCCC3. The van der Waals surface area contributed by atoms with Crippen molar-refractivity contribution in [1.29, 1.82) is 0 Å². The first-order valence-electron chi connectivity index (χ1n) is 8.86. The number of hydrogen-bond acceptors (Lipinski definition) is 6. The lowest BCUT2D eigenvalue weighted by Crippen LogP contribution is -2.23. The first kappa shape index (κ1) is 17.1. The van der Waals surface area contributed by atoms with Crippen LogP contribution in [0.3, 0.4) is 0 Å². The lowest BCUT2D eigenvalue weighted by Gasteiger charge is -2.19. The van der Waals surface area contributed by atoms with Crippen LogP contribution in [0.1, 0.15) is 54.5 Å². The number of carbonyl (C=O) groups is 1. The highest BCUT2D eigenvalue weighted by Crippen LogP contribution is 2.44. The number of anilines is 1. The predicted octanol–water partition coefficient (Wildman–Crippen LogP) is 4.97. The Bertz CT molecular complexity index is 981. The Kier molecular flexibility index (Phi) is 4.03. The van der Waals surface area contributed by atoms with Gasteiger partial charge in [0.1, 0.15) is 21.1 Å². The lowest BCUT2D eigenvalue weighted by molar-refractivity contribution is 0.00764. The minimum Gasteiger partial charge on any atom is -0.464 e. The van der Waals surface area contributed by atoms with Crippen LogP contribution < -0.4 is 5.73 Å². The molecule has 5 nitrogen and oxygen atoms in total. The molecular weight excluding hydrogens is 348 g/mol. The maximum atomic E-state index is 12.6. The monoisotopic (exact) mass is 370 g/mol. The van der Waals surface area contributed by atoms with Crippen molar-refractivity contribution in [3.8, 4) is 11.3 Å². The van der Waals surface area contributed by atoms with Crippen molar-refractivity contribution in [3.05, 3.63) is 34.5 Å². The first-order chi connectivity index (χ1) is 12.3. The van der Waals surface area contributed by atoms with E-state index in [1.54, 1.807) is 6.26 Å². The van der Waals surface area contributed by atoms with Gasteiger partial charge in [0.05, 0.1) is 12.0 Å². The van der Waals surface area contributed by atoms with Crippen LogP contribution in [-0.4, -0.2) is 16.6 Å². The van der Waals surface area contributed by atoms with Crippen LogP contribution in [0.4, 0.5) is 5.69 Å². The molecular formula is C20H22N2O3S. The second-order valence-corrected chi connectivity index (χ2v) is 8.62. The third-order valence-corrected chi connectivity index (χ3v) is 5.58. The van der Waals surface area contributed by atoms with Crippen molar-refractivity contribution < 1.29 is 13.9 Å². The number of nitrogen functional groups attached to an aromatic ring is 1. The number of carbonyl (C=O) groups excluding carboxylic acids is 1. The fraction of sp³-hybridized carbons (Fsp3) is 0.400. The molecule has 0 radical (unpaired) electrons. The molecule has 4 rings (SSSR count). The third-order valence-electron chi connectivity index (χ3n) is 4.51. The van der Waals surface area contributed by atoms with Gasteiger partial charge < -0.3 is 14.9 Å². The average Bonchev–Trinajstić information content (AvgIpc) is 3.20. The van der Waals surface area contributed by atoms with Gasteiger partial charge in [-0.25, -0.2) is 9.78 Å². The Hall–Kier alpha value is -2.34. The van der Waals surface area contributed by atoms with Crippen LogP contribution >= 0.6 is 11.3 Å². The number of thiophene rings is 1. The molecule has 26 heavy (non-hydrogen) atoms. The fourth-order valence-electron chi connectivity index (χ4n) is 3.48. The number of aryl methyl sites for hydroxylation is 1. The number of esters is 1. The van der Waals surface area contributed by atoms with Crippen LogP contribution in [0.2, 0.25) is 0 Å². The van der Waals surface area contributed by atoms with E-state index in [9.17, 15) is 4.79 Å². The first-order valence-corrected chi connectivity index (χ1v) is 9.68. The van der Waals surface area contributed by atoms with Crippen molar-refractivity contribution >= 4 is 33.2 Å². The molecule has 2 N–H and O–H groups in total. The van der Waals surface area contributed by atoms with E-state index in [4.69, 9.17) is 19.9 Å². The molecule has 0 atom stereocenters. The van der Waals surface area contributed by atoms with E-state index in [0.717, 1.165) is 52.9 Å². The minimum atomic E-state index is -0.573. The lowest BCUT2D eigenvalue weighted by atomic mass is 9.89. The summed E-state index contributed by atoms with van der Waals surface area (Å²) in [4.78, 5) is 18.7. The van der Waals surface area contributed by atoms with Gasteiger partial charge in [0.25, 0.3) is 0 Å². The molecule has 0 unspecified atom stereocenters. The molecule has 3 aromatic rings. The molecule has 0 aromatic carbocycles. The van der Waals surface area contributed by atoms with Gasteiger partial charge in [-0.3, -0.25) is 0 Å². The topological polar surface area (TPSA) is 78.3 Å². The molecule has 1 aliphatic rings. The minimum absolute atomic E-state index is 0.402. The summed E-state index contributed by atoms with van der Waals surface area (Å²) in [5.41, 5.74) is 9.56. The van der Waals surface area contributed by atoms with E-state index in [-0.39, 0.29) is 0 Å². The predicted molar refractivity (Wildman–Crippen MR) is 104 cm³/mol. The molecule has 0 aliphatic heterocycles. The zero-order valence-electron chi connectivity index (χ0n) is 15.2. The Morgan fingerprint density at radius 2 is 2.08 bits per heavy atom. The van der Waals surface area contributed by atoms with E-state index in [0.29, 0.717) is 10.6 Å². The van der Waals surface area contributed by atoms with Crippen LogP contribution in [0, 0.1) is 0 Å². The van der Waals surface area contributed by atoms with Crippen molar-refractivity contribution in [2.45, 2.75) is 52.1 Å². The van der Waals surface area contributed by atoms with Gasteiger partial charge in [-0.15, -0.1) is 11.3 Å². The maximum absolute atomic E-state index is 12.6. The molecule has 0 saturated heterocycles. The van der Waals surface area contributed by atoms with Crippen molar-refractivity contribution in [3.63, 3.8) is 0 Å². The van der Waals surface area contributed by atoms with Crippen LogP contribution in [0.15, 0.2) is 22.8 Å². The Morgan fingerprint density at radius 3 is 2.77 bits per heavy atom. The van der Waals surface area contributed by atoms with Gasteiger partial charge in [-0.05, 0) is 64.2 Å². The Morgan fingerprint density at radius 1 is 1.31 bits per heavy atom. The molecule has 6 heteroatoms. The quantitative estimate of drug-likeness (QED) is 0.644. The van der Waals surface area contributed by atoms with Gasteiger partial charge in [-0.1, -0.05) is 0 Å². The van der Waals surface area contributed by atoms with Gasteiger partial charge in [-0.2, -0.15) is 0 Å². The smallest absolute Gasteiger partial charge is 0.351 e. The molecule has 0 fully saturated rings. The van der Waals surface area contributed by atoms with E-state index in [1.807, 2.05) is 32.9 Å². The number of hydrogen-bond donors (Lipinski definition) is 1. The number of nitrogens with zero attached hydrogens (tertiary/aromatic N) is 1. The van der Waals surface area contributed by atoms with Crippen molar-refractivity contribution in [2.24, 2.45) is 0 Å². The fourth-order valence-corrected chi connectivity index (χ4v) is 4.48. The second kappa shape index (κ2) is 6.13. The Labute approximate surface area is 156 Å².